The van der Waals surface area contributed by atoms with Crippen LogP contribution in [0.1, 0.15) is 11.8 Å². The van der Waals surface area contributed by atoms with Crippen LogP contribution in [0.25, 0.3) is 0 Å². The number of hydrogen-bond donors (Lipinski definition) is 1. The van der Waals surface area contributed by atoms with Gasteiger partial charge in [-0.05, 0) is 12.1 Å². The molecule has 0 radical (unpaired) electrons. The average Bonchev–Trinajstić information content (AvgIpc) is 2.05. The summed E-state index contributed by atoms with van der Waals surface area (Å²) < 4.78 is 0. The molecule has 4 heteroatoms. The molecule has 0 amide bonds. The Morgan fingerprint density at radius 3 is 2.73 bits per heavy atom. The minimum Gasteiger partial charge on any atom is -0.386 e. The van der Waals surface area contributed by atoms with Gasteiger partial charge in [0.05, 0.1) is 16.6 Å². The second-order valence-corrected chi connectivity index (χ2v) is 2.82. The summed E-state index contributed by atoms with van der Waals surface area (Å²) in [5, 5.41) is 9.73. The summed E-state index contributed by atoms with van der Waals surface area (Å²) in [6.45, 7) is 0. The third-order valence-corrected chi connectivity index (χ3v) is 1.75. The molecule has 1 aromatic rings. The maximum absolute atomic E-state index is 9.18. The van der Waals surface area contributed by atoms with Crippen LogP contribution >= 0.6 is 23.2 Å². The lowest BCUT2D eigenvalue weighted by molar-refractivity contribution is 0.197. The van der Waals surface area contributed by atoms with E-state index in [4.69, 9.17) is 23.2 Å². The lowest BCUT2D eigenvalue weighted by Crippen LogP contribution is -2.00. The largest absolute Gasteiger partial charge is 0.386 e. The number of aliphatic hydroxyl groups is 1. The van der Waals surface area contributed by atoms with Crippen LogP contribution in [0.5, 0.6) is 0 Å². The van der Waals surface area contributed by atoms with Crippen LogP contribution in [0.4, 0.5) is 0 Å². The Morgan fingerprint density at radius 2 is 2.27 bits per heavy atom. The number of alkyl halides is 1. The average molecular weight is 192 g/mol. The summed E-state index contributed by atoms with van der Waals surface area (Å²) in [5.74, 6) is 0.147. The second kappa shape index (κ2) is 3.90. The van der Waals surface area contributed by atoms with Crippen LogP contribution in [0.3, 0.4) is 0 Å². The van der Waals surface area contributed by atoms with E-state index in [0.29, 0.717) is 10.7 Å². The van der Waals surface area contributed by atoms with Gasteiger partial charge in [0, 0.05) is 6.20 Å². The number of halogens is 2. The van der Waals surface area contributed by atoms with Crippen LogP contribution < -0.4 is 0 Å². The first-order valence-corrected chi connectivity index (χ1v) is 4.01. The lowest BCUT2D eigenvalue weighted by atomic mass is 10.2. The van der Waals surface area contributed by atoms with Gasteiger partial charge < -0.3 is 5.11 Å². The van der Waals surface area contributed by atoms with Gasteiger partial charge in [-0.3, -0.25) is 4.98 Å². The molecule has 0 saturated carbocycles. The van der Waals surface area contributed by atoms with E-state index in [-0.39, 0.29) is 5.88 Å². The van der Waals surface area contributed by atoms with Crippen molar-refractivity contribution in [3.05, 3.63) is 29.0 Å². The van der Waals surface area contributed by atoms with Gasteiger partial charge in [-0.15, -0.1) is 11.6 Å². The monoisotopic (exact) mass is 191 g/mol. The molecule has 0 saturated heterocycles. The van der Waals surface area contributed by atoms with E-state index in [1.807, 2.05) is 0 Å². The fourth-order valence-electron chi connectivity index (χ4n) is 0.663. The Balaban J connectivity index is 2.81. The van der Waals surface area contributed by atoms with Gasteiger partial charge in [-0.1, -0.05) is 11.6 Å². The summed E-state index contributed by atoms with van der Waals surface area (Å²) in [6.07, 6.45) is 0.779. The molecule has 0 spiro atoms. The molecule has 0 aliphatic heterocycles. The molecule has 1 atom stereocenters. The van der Waals surface area contributed by atoms with Gasteiger partial charge in [-0.2, -0.15) is 0 Å². The van der Waals surface area contributed by atoms with Gasteiger partial charge in [0.25, 0.3) is 0 Å². The minimum absolute atomic E-state index is 0.147. The van der Waals surface area contributed by atoms with E-state index in [9.17, 15) is 5.11 Å². The van der Waals surface area contributed by atoms with Crippen molar-refractivity contribution in [1.29, 1.82) is 0 Å². The fourth-order valence-corrected chi connectivity index (χ4v) is 0.933. The third kappa shape index (κ3) is 2.33. The molecule has 0 aromatic carbocycles. The molecule has 0 bridgehead atoms. The van der Waals surface area contributed by atoms with E-state index >= 15 is 0 Å². The molecular formula is C7H7Cl2NO. The Bertz CT molecular complexity index is 224. The fraction of sp³-hybridized carbons (Fsp3) is 0.286. The summed E-state index contributed by atoms with van der Waals surface area (Å²) in [4.78, 5) is 3.88. The van der Waals surface area contributed by atoms with Crippen LogP contribution in [0, 0.1) is 0 Å². The van der Waals surface area contributed by atoms with Crippen LogP contribution in [-0.4, -0.2) is 16.0 Å². The zero-order chi connectivity index (χ0) is 8.27. The number of nitrogens with zero attached hydrogens (tertiary/aromatic N) is 1. The Labute approximate surface area is 74.8 Å². The van der Waals surface area contributed by atoms with Crippen molar-refractivity contribution in [2.75, 3.05) is 5.88 Å². The van der Waals surface area contributed by atoms with Gasteiger partial charge >= 0.3 is 0 Å². The van der Waals surface area contributed by atoms with Crippen LogP contribution in [0.15, 0.2) is 18.3 Å². The summed E-state index contributed by atoms with van der Waals surface area (Å²) in [7, 11) is 0. The molecule has 1 N–H and O–H groups in total. The zero-order valence-electron chi connectivity index (χ0n) is 5.67. The molecule has 0 aliphatic carbocycles. The van der Waals surface area contributed by atoms with E-state index in [1.165, 1.54) is 6.20 Å². The van der Waals surface area contributed by atoms with E-state index in [2.05, 4.69) is 4.98 Å². The normalized spacial score (nSPS) is 13.0. The molecule has 1 aromatic heterocycles. The van der Waals surface area contributed by atoms with Gasteiger partial charge in [0.2, 0.25) is 0 Å². The summed E-state index contributed by atoms with van der Waals surface area (Å²) >= 11 is 11.0. The van der Waals surface area contributed by atoms with E-state index < -0.39 is 6.10 Å². The predicted octanol–water partition coefficient (Wildman–Crippen LogP) is 2.01. The first-order chi connectivity index (χ1) is 5.24. The van der Waals surface area contributed by atoms with Gasteiger partial charge in [0.1, 0.15) is 6.10 Å². The van der Waals surface area contributed by atoms with Crippen molar-refractivity contribution in [2.45, 2.75) is 6.10 Å². The van der Waals surface area contributed by atoms with Crippen molar-refractivity contribution >= 4 is 23.2 Å². The van der Waals surface area contributed by atoms with Crippen molar-refractivity contribution < 1.29 is 5.11 Å². The maximum Gasteiger partial charge on any atom is 0.109 e. The van der Waals surface area contributed by atoms with Crippen molar-refractivity contribution in [2.24, 2.45) is 0 Å². The molecule has 0 unspecified atom stereocenters. The SMILES string of the molecule is O[C@@H](CCl)c1ccc(Cl)cn1. The lowest BCUT2D eigenvalue weighted by Gasteiger charge is -2.04. The quantitative estimate of drug-likeness (QED) is 0.727. The number of aliphatic hydroxyl groups excluding tert-OH is 1. The Kier molecular flexibility index (Phi) is 3.12. The third-order valence-electron chi connectivity index (χ3n) is 1.24. The first-order valence-electron chi connectivity index (χ1n) is 3.09. The summed E-state index contributed by atoms with van der Waals surface area (Å²) in [6, 6.07) is 3.31. The Hall–Kier alpha value is -0.310. The standard InChI is InChI=1S/C7H7Cl2NO/c8-3-7(11)6-2-1-5(9)4-10-6/h1-2,4,7,11H,3H2/t7-/m0/s1. The smallest absolute Gasteiger partial charge is 0.109 e. The zero-order valence-corrected chi connectivity index (χ0v) is 7.18. The highest BCUT2D eigenvalue weighted by Crippen LogP contribution is 2.13. The van der Waals surface area contributed by atoms with E-state index in [0.717, 1.165) is 0 Å². The summed E-state index contributed by atoms with van der Waals surface area (Å²) in [5.41, 5.74) is 0.546. The maximum atomic E-state index is 9.18. The molecule has 1 heterocycles. The van der Waals surface area contributed by atoms with Crippen molar-refractivity contribution in [3.63, 3.8) is 0 Å². The van der Waals surface area contributed by atoms with Crippen molar-refractivity contribution in [1.82, 2.24) is 4.98 Å². The highest BCUT2D eigenvalue weighted by atomic mass is 35.5. The first kappa shape index (κ1) is 8.78. The molecular weight excluding hydrogens is 185 g/mol. The molecule has 0 fully saturated rings. The molecule has 11 heavy (non-hydrogen) atoms. The highest BCUT2D eigenvalue weighted by Gasteiger charge is 2.05. The topological polar surface area (TPSA) is 33.1 Å². The van der Waals surface area contributed by atoms with Gasteiger partial charge in [-0.25, -0.2) is 0 Å². The number of hydrogen-bond acceptors (Lipinski definition) is 2. The van der Waals surface area contributed by atoms with Crippen LogP contribution in [-0.2, 0) is 0 Å². The van der Waals surface area contributed by atoms with Crippen molar-refractivity contribution in [3.8, 4) is 0 Å². The van der Waals surface area contributed by atoms with E-state index in [1.54, 1.807) is 12.1 Å². The van der Waals surface area contributed by atoms with Crippen LogP contribution in [0.2, 0.25) is 5.02 Å². The number of rotatable bonds is 2. The number of aromatic nitrogens is 1. The predicted molar refractivity (Wildman–Crippen MR) is 44.9 cm³/mol. The minimum atomic E-state index is -0.700. The highest BCUT2D eigenvalue weighted by molar-refractivity contribution is 6.30. The molecule has 1 rings (SSSR count). The molecule has 60 valence electrons. The molecule has 2 nitrogen and oxygen atoms in total. The van der Waals surface area contributed by atoms with Gasteiger partial charge in [0.15, 0.2) is 0 Å². The second-order valence-electron chi connectivity index (χ2n) is 2.07. The number of pyridine rings is 1. The Morgan fingerprint density at radius 1 is 1.55 bits per heavy atom. The molecule has 0 aliphatic rings.